The minimum atomic E-state index is -1.12. The van der Waals surface area contributed by atoms with Crippen LogP contribution < -0.4 is 4.90 Å². The monoisotopic (exact) mass is 431 g/mol. The summed E-state index contributed by atoms with van der Waals surface area (Å²) in [5, 5.41) is 17.2. The zero-order valence-corrected chi connectivity index (χ0v) is 17.3. The standard InChI is InChI=1S/C16H13NO2.C9H8O4/c18-15-13-8-4-5-9-14(13)17(16(15)19)11-10-12-6-2-1-3-7-12;1-5-2-6(8(10)11)4-7(3-5)9(12)13/h1-9H,10-11H2;2-4H,1H3,(H,10,11)(H,12,13). The fourth-order valence-corrected chi connectivity index (χ4v) is 3.39. The van der Waals surface area contributed by atoms with Gasteiger partial charge in [0.15, 0.2) is 0 Å². The largest absolute Gasteiger partial charge is 0.478 e. The molecule has 1 amide bonds. The summed E-state index contributed by atoms with van der Waals surface area (Å²) in [4.78, 5) is 46.4. The number of Topliss-reactive ketones (excluding diaryl/α,β-unsaturated/α-hetero) is 1. The molecular weight excluding hydrogens is 410 g/mol. The maximum atomic E-state index is 12.0. The molecule has 3 aromatic rings. The number of hydrogen-bond donors (Lipinski definition) is 2. The third kappa shape index (κ3) is 5.07. The van der Waals surface area contributed by atoms with Crippen LogP contribution in [0.3, 0.4) is 0 Å². The van der Waals surface area contributed by atoms with Crippen LogP contribution in [-0.2, 0) is 11.2 Å². The van der Waals surface area contributed by atoms with Crippen molar-refractivity contribution in [1.82, 2.24) is 0 Å². The van der Waals surface area contributed by atoms with Crippen LogP contribution >= 0.6 is 0 Å². The van der Waals surface area contributed by atoms with E-state index in [-0.39, 0.29) is 11.1 Å². The zero-order chi connectivity index (χ0) is 23.3. The quantitative estimate of drug-likeness (QED) is 0.594. The van der Waals surface area contributed by atoms with Crippen LogP contribution in [0.2, 0.25) is 0 Å². The smallest absolute Gasteiger partial charge is 0.335 e. The Balaban J connectivity index is 0.000000195. The minimum Gasteiger partial charge on any atom is -0.478 e. The van der Waals surface area contributed by atoms with Crippen LogP contribution in [0.4, 0.5) is 5.69 Å². The normalized spacial score (nSPS) is 12.1. The van der Waals surface area contributed by atoms with Gasteiger partial charge in [-0.25, -0.2) is 9.59 Å². The number of aryl methyl sites for hydroxylation is 1. The Morgan fingerprint density at radius 3 is 1.97 bits per heavy atom. The third-order valence-corrected chi connectivity index (χ3v) is 4.92. The van der Waals surface area contributed by atoms with Crippen molar-refractivity contribution in [1.29, 1.82) is 0 Å². The SMILES string of the molecule is Cc1cc(C(=O)O)cc(C(=O)O)c1.O=C1C(=O)N(CCc2ccccc2)c2ccccc21. The van der Waals surface area contributed by atoms with E-state index < -0.39 is 23.6 Å². The van der Waals surface area contributed by atoms with E-state index in [4.69, 9.17) is 10.2 Å². The molecule has 2 N–H and O–H groups in total. The molecule has 1 aliphatic rings. The number of rotatable bonds is 5. The van der Waals surface area contributed by atoms with Crippen LogP contribution in [0, 0.1) is 6.92 Å². The predicted octanol–water partition coefficient (Wildman–Crippen LogP) is 3.85. The minimum absolute atomic E-state index is 0.00241. The first-order chi connectivity index (χ1) is 15.3. The average molecular weight is 431 g/mol. The Labute approximate surface area is 184 Å². The number of hydrogen-bond acceptors (Lipinski definition) is 4. The van der Waals surface area contributed by atoms with E-state index in [0.717, 1.165) is 23.7 Å². The lowest BCUT2D eigenvalue weighted by molar-refractivity contribution is -0.114. The van der Waals surface area contributed by atoms with Gasteiger partial charge < -0.3 is 15.1 Å². The van der Waals surface area contributed by atoms with E-state index in [0.29, 0.717) is 17.7 Å². The van der Waals surface area contributed by atoms with E-state index in [9.17, 15) is 19.2 Å². The summed E-state index contributed by atoms with van der Waals surface area (Å²) >= 11 is 0. The summed E-state index contributed by atoms with van der Waals surface area (Å²) in [5.41, 5.74) is 3.02. The van der Waals surface area contributed by atoms with Gasteiger partial charge in [0.1, 0.15) is 0 Å². The number of amides is 1. The topological polar surface area (TPSA) is 112 Å². The van der Waals surface area contributed by atoms with Gasteiger partial charge in [-0.05, 0) is 54.8 Å². The molecule has 0 spiro atoms. The van der Waals surface area contributed by atoms with Crippen molar-refractivity contribution in [3.63, 3.8) is 0 Å². The molecule has 0 unspecified atom stereocenters. The molecule has 0 bridgehead atoms. The van der Waals surface area contributed by atoms with Gasteiger partial charge >= 0.3 is 11.9 Å². The number of benzene rings is 3. The van der Waals surface area contributed by atoms with Crippen LogP contribution in [0.5, 0.6) is 0 Å². The highest BCUT2D eigenvalue weighted by Gasteiger charge is 2.34. The summed E-state index contributed by atoms with van der Waals surface area (Å²) in [6, 6.07) is 21.1. The third-order valence-electron chi connectivity index (χ3n) is 4.92. The summed E-state index contributed by atoms with van der Waals surface area (Å²) in [5.74, 6) is -3.06. The average Bonchev–Trinajstić information content (AvgIpc) is 3.03. The van der Waals surface area contributed by atoms with E-state index in [1.165, 1.54) is 12.1 Å². The van der Waals surface area contributed by atoms with Crippen LogP contribution in [0.25, 0.3) is 0 Å². The Morgan fingerprint density at radius 2 is 1.38 bits per heavy atom. The number of carboxylic acids is 2. The Hall–Kier alpha value is -4.26. The lowest BCUT2D eigenvalue weighted by atomic mass is 10.1. The van der Waals surface area contributed by atoms with E-state index in [2.05, 4.69) is 0 Å². The van der Waals surface area contributed by atoms with Gasteiger partial charge in [-0.3, -0.25) is 9.59 Å². The number of nitrogens with zero attached hydrogens (tertiary/aromatic N) is 1. The number of para-hydroxylation sites is 1. The fourth-order valence-electron chi connectivity index (χ4n) is 3.39. The van der Waals surface area contributed by atoms with Crippen molar-refractivity contribution in [2.45, 2.75) is 13.3 Å². The second-order valence-electron chi connectivity index (χ2n) is 7.24. The van der Waals surface area contributed by atoms with E-state index in [1.807, 2.05) is 42.5 Å². The van der Waals surface area contributed by atoms with E-state index in [1.54, 1.807) is 24.0 Å². The van der Waals surface area contributed by atoms with E-state index >= 15 is 0 Å². The second kappa shape index (κ2) is 9.70. The summed E-state index contributed by atoms with van der Waals surface area (Å²) in [7, 11) is 0. The molecule has 7 heteroatoms. The summed E-state index contributed by atoms with van der Waals surface area (Å²) < 4.78 is 0. The summed E-state index contributed by atoms with van der Waals surface area (Å²) in [6.07, 6.45) is 0.744. The molecule has 0 radical (unpaired) electrons. The highest BCUT2D eigenvalue weighted by Crippen LogP contribution is 2.28. The number of anilines is 1. The number of carbonyl (C=O) groups excluding carboxylic acids is 2. The number of ketones is 1. The lowest BCUT2D eigenvalue weighted by Gasteiger charge is -2.16. The first-order valence-electron chi connectivity index (χ1n) is 9.85. The Kier molecular flexibility index (Phi) is 6.80. The number of carbonyl (C=O) groups is 4. The summed E-state index contributed by atoms with van der Waals surface area (Å²) in [6.45, 7) is 2.18. The van der Waals surface area contributed by atoms with Crippen molar-refractivity contribution < 1.29 is 29.4 Å². The molecule has 1 aliphatic heterocycles. The van der Waals surface area contributed by atoms with Gasteiger partial charge in [0.25, 0.3) is 11.7 Å². The fraction of sp³-hybridized carbons (Fsp3) is 0.120. The van der Waals surface area contributed by atoms with Crippen molar-refractivity contribution in [2.24, 2.45) is 0 Å². The highest BCUT2D eigenvalue weighted by molar-refractivity contribution is 6.52. The number of fused-ring (bicyclic) bond motifs is 1. The molecular formula is C25H21NO6. The molecule has 0 saturated carbocycles. The van der Waals surface area contributed by atoms with Gasteiger partial charge in [-0.1, -0.05) is 42.5 Å². The van der Waals surface area contributed by atoms with Crippen LogP contribution in [0.1, 0.15) is 42.2 Å². The van der Waals surface area contributed by atoms with Gasteiger partial charge in [-0.15, -0.1) is 0 Å². The first-order valence-corrected chi connectivity index (χ1v) is 9.85. The van der Waals surface area contributed by atoms with Crippen molar-refractivity contribution in [3.8, 4) is 0 Å². The van der Waals surface area contributed by atoms with Crippen molar-refractivity contribution in [2.75, 3.05) is 11.4 Å². The van der Waals surface area contributed by atoms with Crippen molar-refractivity contribution in [3.05, 3.63) is 101 Å². The maximum Gasteiger partial charge on any atom is 0.335 e. The second-order valence-corrected chi connectivity index (χ2v) is 7.24. The Morgan fingerprint density at radius 1 is 0.812 bits per heavy atom. The van der Waals surface area contributed by atoms with Gasteiger partial charge in [0.05, 0.1) is 22.4 Å². The molecule has 162 valence electrons. The molecule has 1 heterocycles. The molecule has 32 heavy (non-hydrogen) atoms. The molecule has 0 aromatic heterocycles. The molecule has 4 rings (SSSR count). The molecule has 7 nitrogen and oxygen atoms in total. The molecule has 0 fully saturated rings. The van der Waals surface area contributed by atoms with Crippen LogP contribution in [0.15, 0.2) is 72.8 Å². The molecule has 0 aliphatic carbocycles. The van der Waals surface area contributed by atoms with Crippen LogP contribution in [-0.4, -0.2) is 40.4 Å². The zero-order valence-electron chi connectivity index (χ0n) is 17.3. The van der Waals surface area contributed by atoms with Gasteiger partial charge in [0, 0.05) is 6.54 Å². The van der Waals surface area contributed by atoms with Gasteiger partial charge in [-0.2, -0.15) is 0 Å². The predicted molar refractivity (Wildman–Crippen MR) is 118 cm³/mol. The van der Waals surface area contributed by atoms with Gasteiger partial charge in [0.2, 0.25) is 0 Å². The Bertz CT molecular complexity index is 1150. The molecule has 3 aromatic carbocycles. The molecule has 0 atom stereocenters. The molecule has 0 saturated heterocycles. The number of carboxylic acid groups (broad SMARTS) is 2. The maximum absolute atomic E-state index is 12.0. The van der Waals surface area contributed by atoms with Crippen molar-refractivity contribution >= 4 is 29.3 Å². The lowest BCUT2D eigenvalue weighted by Crippen LogP contribution is -2.31. The first kappa shape index (κ1) is 22.4. The number of aromatic carboxylic acids is 2. The highest BCUT2D eigenvalue weighted by atomic mass is 16.4.